The summed E-state index contributed by atoms with van der Waals surface area (Å²) in [5, 5.41) is 21.4. The molecule has 0 aliphatic carbocycles. The lowest BCUT2D eigenvalue weighted by Crippen LogP contribution is -2.42. The van der Waals surface area contributed by atoms with Gasteiger partial charge in [0.15, 0.2) is 11.6 Å². The van der Waals surface area contributed by atoms with Crippen LogP contribution in [0.1, 0.15) is 23.9 Å². The van der Waals surface area contributed by atoms with E-state index < -0.39 is 46.9 Å². The number of anilines is 1. The summed E-state index contributed by atoms with van der Waals surface area (Å²) in [6.45, 7) is 1.10. The minimum atomic E-state index is -4.81. The Morgan fingerprint density at radius 1 is 1.23 bits per heavy atom. The Labute approximate surface area is 166 Å². The van der Waals surface area contributed by atoms with Gasteiger partial charge in [0.2, 0.25) is 0 Å². The van der Waals surface area contributed by atoms with Crippen LogP contribution in [0.2, 0.25) is 0 Å². The summed E-state index contributed by atoms with van der Waals surface area (Å²) < 4.78 is 65.8. The standard InChI is InChI=1S/C19H13F5N4O2/c1-18(30,7-16-27-14-5-12(20)13(21)6-15(14)28-16)17(29)26-10-3-2-9(8-25)11(4-10)19(22,23)24/h2-6,30H,7H2,1H3,(H,26,29)(H,27,28). The van der Waals surface area contributed by atoms with Crippen LogP contribution in [-0.4, -0.2) is 26.6 Å². The van der Waals surface area contributed by atoms with Gasteiger partial charge in [0.05, 0.1) is 28.2 Å². The molecule has 0 spiro atoms. The van der Waals surface area contributed by atoms with Crippen molar-refractivity contribution in [1.82, 2.24) is 9.97 Å². The number of nitriles is 1. The molecule has 1 aromatic heterocycles. The summed E-state index contributed by atoms with van der Waals surface area (Å²) in [6, 6.07) is 5.70. The number of alkyl halides is 3. The highest BCUT2D eigenvalue weighted by molar-refractivity contribution is 5.97. The number of carbonyl (C=O) groups is 1. The fourth-order valence-corrected chi connectivity index (χ4v) is 2.77. The molecule has 1 amide bonds. The number of carbonyl (C=O) groups excluding carboxylic acids is 1. The maximum Gasteiger partial charge on any atom is 0.417 e. The van der Waals surface area contributed by atoms with Gasteiger partial charge < -0.3 is 15.4 Å². The van der Waals surface area contributed by atoms with Crippen LogP contribution >= 0.6 is 0 Å². The molecular weight excluding hydrogens is 411 g/mol. The van der Waals surface area contributed by atoms with Crippen molar-refractivity contribution in [3.05, 3.63) is 58.9 Å². The number of nitrogens with zero attached hydrogens (tertiary/aromatic N) is 2. The molecule has 0 aliphatic rings. The third-order valence-corrected chi connectivity index (χ3v) is 4.28. The number of aromatic nitrogens is 2. The predicted molar refractivity (Wildman–Crippen MR) is 95.1 cm³/mol. The normalized spacial score (nSPS) is 13.7. The molecule has 1 unspecified atom stereocenters. The summed E-state index contributed by atoms with van der Waals surface area (Å²) in [7, 11) is 0. The Morgan fingerprint density at radius 3 is 2.53 bits per heavy atom. The Hall–Kier alpha value is -3.52. The number of H-pyrrole nitrogens is 1. The lowest BCUT2D eigenvalue weighted by molar-refractivity contribution is -0.138. The van der Waals surface area contributed by atoms with Crippen LogP contribution in [0, 0.1) is 23.0 Å². The van der Waals surface area contributed by atoms with Gasteiger partial charge in [-0.1, -0.05) is 0 Å². The Balaban J connectivity index is 1.82. The number of halogens is 5. The molecule has 0 aliphatic heterocycles. The molecule has 6 nitrogen and oxygen atoms in total. The average molecular weight is 424 g/mol. The number of nitrogens with one attached hydrogen (secondary N) is 2. The first-order valence-electron chi connectivity index (χ1n) is 8.39. The highest BCUT2D eigenvalue weighted by atomic mass is 19.4. The molecule has 11 heteroatoms. The minimum absolute atomic E-state index is 0.0333. The number of amides is 1. The molecule has 0 saturated heterocycles. The Bertz CT molecular complexity index is 1140. The maximum atomic E-state index is 13.3. The molecule has 30 heavy (non-hydrogen) atoms. The van der Waals surface area contributed by atoms with Crippen molar-refractivity contribution < 1.29 is 31.9 Å². The van der Waals surface area contributed by atoms with Crippen molar-refractivity contribution in [2.45, 2.75) is 25.1 Å². The van der Waals surface area contributed by atoms with E-state index in [4.69, 9.17) is 5.26 Å². The van der Waals surface area contributed by atoms with E-state index in [1.807, 2.05) is 0 Å². The zero-order valence-electron chi connectivity index (χ0n) is 15.2. The molecule has 0 saturated carbocycles. The monoisotopic (exact) mass is 424 g/mol. The number of fused-ring (bicyclic) bond motifs is 1. The Morgan fingerprint density at radius 2 is 1.90 bits per heavy atom. The zero-order valence-corrected chi connectivity index (χ0v) is 15.2. The molecule has 3 N–H and O–H groups in total. The van der Waals surface area contributed by atoms with E-state index in [9.17, 15) is 31.9 Å². The fraction of sp³-hybridized carbons (Fsp3) is 0.211. The van der Waals surface area contributed by atoms with Crippen LogP contribution in [0.4, 0.5) is 27.6 Å². The number of benzene rings is 2. The third kappa shape index (κ3) is 4.23. The van der Waals surface area contributed by atoms with Crippen LogP contribution in [0.15, 0.2) is 30.3 Å². The average Bonchev–Trinajstić information content (AvgIpc) is 3.01. The van der Waals surface area contributed by atoms with Crippen molar-refractivity contribution in [3.8, 4) is 6.07 Å². The summed E-state index contributed by atoms with van der Waals surface area (Å²) in [6.07, 6.45) is -5.23. The molecule has 0 fully saturated rings. The van der Waals surface area contributed by atoms with Gasteiger partial charge in [-0.3, -0.25) is 4.79 Å². The van der Waals surface area contributed by atoms with Gasteiger partial charge in [0, 0.05) is 24.2 Å². The third-order valence-electron chi connectivity index (χ3n) is 4.28. The van der Waals surface area contributed by atoms with Crippen molar-refractivity contribution in [1.29, 1.82) is 5.26 Å². The predicted octanol–water partition coefficient (Wildman–Crippen LogP) is 3.66. The number of rotatable bonds is 4. The summed E-state index contributed by atoms with van der Waals surface area (Å²) in [5.74, 6) is -3.24. The van der Waals surface area contributed by atoms with Crippen LogP contribution in [0.25, 0.3) is 11.0 Å². The zero-order chi connectivity index (χ0) is 22.3. The van der Waals surface area contributed by atoms with Crippen molar-refractivity contribution in [2.75, 3.05) is 5.32 Å². The summed E-state index contributed by atoms with van der Waals surface area (Å²) in [4.78, 5) is 19.0. The van der Waals surface area contributed by atoms with Gasteiger partial charge in [-0.2, -0.15) is 18.4 Å². The maximum absolute atomic E-state index is 13.3. The number of hydrogen-bond acceptors (Lipinski definition) is 4. The smallest absolute Gasteiger partial charge is 0.380 e. The van der Waals surface area contributed by atoms with Crippen molar-refractivity contribution in [2.24, 2.45) is 0 Å². The summed E-state index contributed by atoms with van der Waals surface area (Å²) >= 11 is 0. The van der Waals surface area contributed by atoms with Gasteiger partial charge in [-0.15, -0.1) is 0 Å². The molecule has 2 aromatic carbocycles. The van der Waals surface area contributed by atoms with Gasteiger partial charge in [-0.25, -0.2) is 13.8 Å². The molecule has 1 atom stereocenters. The molecule has 3 rings (SSSR count). The van der Waals surface area contributed by atoms with E-state index in [2.05, 4.69) is 15.3 Å². The molecular formula is C19H13F5N4O2. The molecule has 3 aromatic rings. The topological polar surface area (TPSA) is 102 Å². The van der Waals surface area contributed by atoms with Crippen LogP contribution in [-0.2, 0) is 17.4 Å². The van der Waals surface area contributed by atoms with E-state index in [0.29, 0.717) is 6.07 Å². The highest BCUT2D eigenvalue weighted by Crippen LogP contribution is 2.33. The molecule has 0 bridgehead atoms. The van der Waals surface area contributed by atoms with Crippen molar-refractivity contribution >= 4 is 22.6 Å². The van der Waals surface area contributed by atoms with Gasteiger partial charge in [0.25, 0.3) is 5.91 Å². The van der Waals surface area contributed by atoms with E-state index in [1.165, 1.54) is 6.07 Å². The van der Waals surface area contributed by atoms with Gasteiger partial charge in [0.1, 0.15) is 11.4 Å². The first-order valence-corrected chi connectivity index (χ1v) is 8.39. The van der Waals surface area contributed by atoms with Crippen molar-refractivity contribution in [3.63, 3.8) is 0 Å². The lowest BCUT2D eigenvalue weighted by Gasteiger charge is -2.21. The van der Waals surface area contributed by atoms with E-state index >= 15 is 0 Å². The van der Waals surface area contributed by atoms with Crippen LogP contribution < -0.4 is 5.32 Å². The van der Waals surface area contributed by atoms with Crippen LogP contribution in [0.5, 0.6) is 0 Å². The van der Waals surface area contributed by atoms with Crippen LogP contribution in [0.3, 0.4) is 0 Å². The van der Waals surface area contributed by atoms with E-state index in [-0.39, 0.29) is 22.5 Å². The largest absolute Gasteiger partial charge is 0.417 e. The van der Waals surface area contributed by atoms with Gasteiger partial charge in [-0.05, 0) is 25.1 Å². The first kappa shape index (κ1) is 21.2. The van der Waals surface area contributed by atoms with Gasteiger partial charge >= 0.3 is 6.18 Å². The number of imidazole rings is 1. The SMILES string of the molecule is CC(O)(Cc1nc2cc(F)c(F)cc2[nH]1)C(=O)Nc1ccc(C#N)c(C(F)(F)F)c1. The second-order valence-corrected chi connectivity index (χ2v) is 6.74. The number of hydrogen-bond donors (Lipinski definition) is 3. The number of aliphatic hydroxyl groups is 1. The molecule has 0 radical (unpaired) electrons. The fourth-order valence-electron chi connectivity index (χ4n) is 2.77. The van der Waals surface area contributed by atoms with E-state index in [1.54, 1.807) is 0 Å². The summed E-state index contributed by atoms with van der Waals surface area (Å²) in [5.41, 5.74) is -4.04. The first-order chi connectivity index (χ1) is 13.9. The highest BCUT2D eigenvalue weighted by Gasteiger charge is 2.35. The second-order valence-electron chi connectivity index (χ2n) is 6.74. The molecule has 156 valence electrons. The molecule has 1 heterocycles. The van der Waals surface area contributed by atoms with E-state index in [0.717, 1.165) is 31.2 Å². The lowest BCUT2D eigenvalue weighted by atomic mass is 10.0. The minimum Gasteiger partial charge on any atom is -0.380 e. The number of aromatic amines is 1. The Kier molecular flexibility index (Phi) is 5.22. The quantitative estimate of drug-likeness (QED) is 0.557. The second kappa shape index (κ2) is 7.38.